The standard InChI is InChI=1S/C13H22N4O4/c1-4-17(9(2)7-21-3)13(20)16-11(12(18)19)5-10-6-14-8-15-10/h6,8-9,11H,4-5,7H2,1-3H3,(H,14,15)(H,16,20)(H,18,19)/t9?,11-/m1/s1. The molecule has 0 aliphatic rings. The van der Waals surface area contributed by atoms with Gasteiger partial charge < -0.3 is 25.0 Å². The number of aromatic amines is 1. The Balaban J connectivity index is 2.68. The normalized spacial score (nSPS) is 13.5. The van der Waals surface area contributed by atoms with E-state index in [4.69, 9.17) is 4.74 Å². The van der Waals surface area contributed by atoms with Gasteiger partial charge in [0.25, 0.3) is 0 Å². The summed E-state index contributed by atoms with van der Waals surface area (Å²) in [6.07, 6.45) is 3.15. The number of carbonyl (C=O) groups is 2. The number of ether oxygens (including phenoxy) is 1. The van der Waals surface area contributed by atoms with Crippen LogP contribution in [-0.2, 0) is 16.0 Å². The third-order valence-corrected chi connectivity index (χ3v) is 3.12. The van der Waals surface area contributed by atoms with Crippen molar-refractivity contribution < 1.29 is 19.4 Å². The fourth-order valence-corrected chi connectivity index (χ4v) is 2.03. The van der Waals surface area contributed by atoms with E-state index >= 15 is 0 Å². The van der Waals surface area contributed by atoms with Crippen molar-refractivity contribution >= 4 is 12.0 Å². The number of amides is 2. The summed E-state index contributed by atoms with van der Waals surface area (Å²) in [6, 6.07) is -1.57. The number of carboxylic acid groups (broad SMARTS) is 1. The van der Waals surface area contributed by atoms with Gasteiger partial charge in [0.05, 0.1) is 19.0 Å². The number of rotatable bonds is 8. The van der Waals surface area contributed by atoms with Crippen LogP contribution in [0.15, 0.2) is 12.5 Å². The molecule has 1 rings (SSSR count). The Labute approximate surface area is 123 Å². The van der Waals surface area contributed by atoms with Gasteiger partial charge in [0.2, 0.25) is 0 Å². The first-order valence-electron chi connectivity index (χ1n) is 6.75. The summed E-state index contributed by atoms with van der Waals surface area (Å²) in [7, 11) is 1.56. The molecule has 1 aromatic heterocycles. The van der Waals surface area contributed by atoms with Gasteiger partial charge in [-0.2, -0.15) is 0 Å². The number of carboxylic acids is 1. The number of nitrogens with one attached hydrogen (secondary N) is 2. The number of likely N-dealkylation sites (N-methyl/N-ethyl adjacent to an activating group) is 1. The van der Waals surface area contributed by atoms with E-state index in [2.05, 4.69) is 15.3 Å². The van der Waals surface area contributed by atoms with Crippen LogP contribution < -0.4 is 5.32 Å². The first-order valence-corrected chi connectivity index (χ1v) is 6.75. The van der Waals surface area contributed by atoms with E-state index in [1.165, 1.54) is 17.4 Å². The molecule has 0 fully saturated rings. The molecular formula is C13H22N4O4. The lowest BCUT2D eigenvalue weighted by molar-refractivity contribution is -0.139. The molecule has 0 aliphatic carbocycles. The van der Waals surface area contributed by atoms with Crippen LogP contribution in [0.3, 0.4) is 0 Å². The zero-order valence-corrected chi connectivity index (χ0v) is 12.5. The highest BCUT2D eigenvalue weighted by atomic mass is 16.5. The number of carbonyl (C=O) groups excluding carboxylic acids is 1. The molecule has 0 bridgehead atoms. The molecule has 1 aromatic rings. The van der Waals surface area contributed by atoms with Gasteiger partial charge in [0, 0.05) is 32.0 Å². The topological polar surface area (TPSA) is 108 Å². The van der Waals surface area contributed by atoms with Gasteiger partial charge in [-0.05, 0) is 13.8 Å². The van der Waals surface area contributed by atoms with Crippen LogP contribution in [0, 0.1) is 0 Å². The maximum absolute atomic E-state index is 12.2. The molecule has 2 amide bonds. The van der Waals surface area contributed by atoms with Crippen LogP contribution >= 0.6 is 0 Å². The number of hydrogen-bond acceptors (Lipinski definition) is 4. The van der Waals surface area contributed by atoms with E-state index in [1.54, 1.807) is 7.11 Å². The third kappa shape index (κ3) is 5.07. The van der Waals surface area contributed by atoms with Gasteiger partial charge in [-0.3, -0.25) is 0 Å². The molecule has 8 heteroatoms. The third-order valence-electron chi connectivity index (χ3n) is 3.12. The Bertz CT molecular complexity index is 449. The molecule has 0 aromatic carbocycles. The van der Waals surface area contributed by atoms with Gasteiger partial charge in [0.1, 0.15) is 6.04 Å². The van der Waals surface area contributed by atoms with E-state index in [-0.39, 0.29) is 12.5 Å². The molecule has 1 heterocycles. The minimum Gasteiger partial charge on any atom is -0.480 e. The lowest BCUT2D eigenvalue weighted by Gasteiger charge is -2.29. The molecule has 1 unspecified atom stereocenters. The van der Waals surface area contributed by atoms with Crippen LogP contribution in [0.4, 0.5) is 4.79 Å². The number of imidazole rings is 1. The summed E-state index contributed by atoms with van der Waals surface area (Å²) >= 11 is 0. The Kier molecular flexibility index (Phi) is 6.67. The Morgan fingerprint density at radius 1 is 1.57 bits per heavy atom. The molecule has 0 spiro atoms. The van der Waals surface area contributed by atoms with E-state index in [1.807, 2.05) is 13.8 Å². The smallest absolute Gasteiger partial charge is 0.326 e. The highest BCUT2D eigenvalue weighted by molar-refractivity contribution is 5.82. The van der Waals surface area contributed by atoms with Crippen molar-refractivity contribution in [3.8, 4) is 0 Å². The SMILES string of the molecule is CCN(C(=O)N[C@H](Cc1cnc[nH]1)C(=O)O)C(C)COC. The number of urea groups is 1. The minimum atomic E-state index is -1.09. The molecule has 118 valence electrons. The van der Waals surface area contributed by atoms with Crippen molar-refractivity contribution in [3.05, 3.63) is 18.2 Å². The fraction of sp³-hybridized carbons (Fsp3) is 0.615. The largest absolute Gasteiger partial charge is 0.480 e. The fourth-order valence-electron chi connectivity index (χ4n) is 2.03. The molecule has 3 N–H and O–H groups in total. The van der Waals surface area contributed by atoms with Crippen LogP contribution in [0.2, 0.25) is 0 Å². The summed E-state index contributed by atoms with van der Waals surface area (Å²) in [5.74, 6) is -1.09. The number of hydrogen-bond donors (Lipinski definition) is 3. The van der Waals surface area contributed by atoms with Gasteiger partial charge >= 0.3 is 12.0 Å². The van der Waals surface area contributed by atoms with Gasteiger partial charge in [-0.15, -0.1) is 0 Å². The van der Waals surface area contributed by atoms with E-state index < -0.39 is 18.0 Å². The highest BCUT2D eigenvalue weighted by Gasteiger charge is 2.25. The van der Waals surface area contributed by atoms with E-state index in [0.29, 0.717) is 18.8 Å². The number of H-pyrrole nitrogens is 1. The average Bonchev–Trinajstić information content (AvgIpc) is 2.92. The summed E-state index contributed by atoms with van der Waals surface area (Å²) in [5.41, 5.74) is 0.649. The second kappa shape index (κ2) is 8.25. The number of aromatic nitrogens is 2. The van der Waals surface area contributed by atoms with Crippen molar-refractivity contribution in [1.29, 1.82) is 0 Å². The van der Waals surface area contributed by atoms with Crippen LogP contribution in [-0.4, -0.2) is 64.3 Å². The highest BCUT2D eigenvalue weighted by Crippen LogP contribution is 2.04. The minimum absolute atomic E-state index is 0.137. The molecule has 2 atom stereocenters. The average molecular weight is 298 g/mol. The molecule has 8 nitrogen and oxygen atoms in total. The zero-order chi connectivity index (χ0) is 15.8. The van der Waals surface area contributed by atoms with Crippen molar-refractivity contribution in [1.82, 2.24) is 20.2 Å². The molecule has 0 radical (unpaired) electrons. The number of nitrogens with zero attached hydrogens (tertiary/aromatic N) is 2. The summed E-state index contributed by atoms with van der Waals surface area (Å²) < 4.78 is 5.02. The van der Waals surface area contributed by atoms with Crippen molar-refractivity contribution in [2.45, 2.75) is 32.4 Å². The summed E-state index contributed by atoms with van der Waals surface area (Å²) in [4.78, 5) is 31.7. The maximum Gasteiger partial charge on any atom is 0.326 e. The number of methoxy groups -OCH3 is 1. The van der Waals surface area contributed by atoms with E-state index in [0.717, 1.165) is 0 Å². The van der Waals surface area contributed by atoms with Crippen LogP contribution in [0.1, 0.15) is 19.5 Å². The van der Waals surface area contributed by atoms with Crippen molar-refractivity contribution in [2.24, 2.45) is 0 Å². The zero-order valence-electron chi connectivity index (χ0n) is 12.5. The number of aliphatic carboxylic acids is 1. The lowest BCUT2D eigenvalue weighted by Crippen LogP contribution is -2.52. The van der Waals surface area contributed by atoms with Gasteiger partial charge in [-0.25, -0.2) is 14.6 Å². The first kappa shape index (κ1) is 17.0. The van der Waals surface area contributed by atoms with Crippen molar-refractivity contribution in [2.75, 3.05) is 20.3 Å². The summed E-state index contributed by atoms with van der Waals surface area (Å²) in [5, 5.41) is 11.8. The first-order chi connectivity index (χ1) is 9.99. The maximum atomic E-state index is 12.2. The second-order valence-electron chi connectivity index (χ2n) is 4.71. The lowest BCUT2D eigenvalue weighted by atomic mass is 10.1. The predicted octanol–water partition coefficient (Wildman–Crippen LogP) is 0.472. The second-order valence-corrected chi connectivity index (χ2v) is 4.71. The molecule has 0 saturated heterocycles. The van der Waals surface area contributed by atoms with Crippen LogP contribution in [0.5, 0.6) is 0 Å². The van der Waals surface area contributed by atoms with E-state index in [9.17, 15) is 14.7 Å². The molecule has 0 aliphatic heterocycles. The molecular weight excluding hydrogens is 276 g/mol. The van der Waals surface area contributed by atoms with Gasteiger partial charge in [-0.1, -0.05) is 0 Å². The van der Waals surface area contributed by atoms with Gasteiger partial charge in [0.15, 0.2) is 0 Å². The Hall–Kier alpha value is -2.09. The Morgan fingerprint density at radius 2 is 2.29 bits per heavy atom. The quantitative estimate of drug-likeness (QED) is 0.646. The Morgan fingerprint density at radius 3 is 2.76 bits per heavy atom. The van der Waals surface area contributed by atoms with Crippen LogP contribution in [0.25, 0.3) is 0 Å². The molecule has 21 heavy (non-hydrogen) atoms. The summed E-state index contributed by atoms with van der Waals surface area (Å²) in [6.45, 7) is 4.53. The monoisotopic (exact) mass is 298 g/mol. The predicted molar refractivity (Wildman–Crippen MR) is 76.0 cm³/mol. The van der Waals surface area contributed by atoms with Crippen molar-refractivity contribution in [3.63, 3.8) is 0 Å². The molecule has 0 saturated carbocycles.